The summed E-state index contributed by atoms with van der Waals surface area (Å²) in [6.45, 7) is 1.77. The van der Waals surface area contributed by atoms with Crippen molar-refractivity contribution in [2.45, 2.75) is 13.3 Å². The molecule has 0 aliphatic carbocycles. The fraction of sp³-hybridized carbons (Fsp3) is 0.188. The summed E-state index contributed by atoms with van der Waals surface area (Å²) >= 11 is 8.17. The van der Waals surface area contributed by atoms with Crippen molar-refractivity contribution >= 4 is 45.2 Å². The zero-order valence-electron chi connectivity index (χ0n) is 11.4. The number of imidazole rings is 1. The molecule has 21 heavy (non-hydrogen) atoms. The first-order chi connectivity index (χ1) is 10.1. The van der Waals surface area contributed by atoms with Crippen LogP contribution in [0.25, 0.3) is 16.7 Å². The number of hydrogen-bond donors (Lipinski definition) is 0. The predicted octanol–water partition coefficient (Wildman–Crippen LogP) is 4.86. The summed E-state index contributed by atoms with van der Waals surface area (Å²) in [7, 11) is 0. The summed E-state index contributed by atoms with van der Waals surface area (Å²) in [6, 6.07) is 11.2. The molecule has 3 rings (SSSR count). The molecule has 0 saturated carbocycles. The number of fused-ring (bicyclic) bond motifs is 1. The molecule has 0 aliphatic rings. The van der Waals surface area contributed by atoms with Crippen LogP contribution in [0.5, 0.6) is 0 Å². The Morgan fingerprint density at radius 3 is 2.76 bits per heavy atom. The van der Waals surface area contributed by atoms with E-state index in [1.54, 1.807) is 13.0 Å². The van der Waals surface area contributed by atoms with E-state index in [1.807, 2.05) is 24.3 Å². The monoisotopic (exact) mass is 414 g/mol. The Morgan fingerprint density at radius 2 is 2.05 bits per heavy atom. The maximum Gasteiger partial charge on any atom is 0.126 e. The summed E-state index contributed by atoms with van der Waals surface area (Å²) in [5, 5.41) is 0. The van der Waals surface area contributed by atoms with Crippen molar-refractivity contribution in [3.63, 3.8) is 0 Å². The molecule has 0 saturated heterocycles. The van der Waals surface area contributed by atoms with Gasteiger partial charge >= 0.3 is 0 Å². The van der Waals surface area contributed by atoms with Crippen LogP contribution in [-0.4, -0.2) is 15.4 Å². The second-order valence-electron chi connectivity index (χ2n) is 4.87. The van der Waals surface area contributed by atoms with Crippen LogP contribution in [0.1, 0.15) is 11.4 Å². The number of alkyl halides is 1. The van der Waals surface area contributed by atoms with Crippen LogP contribution < -0.4 is 0 Å². The Bertz CT molecular complexity index is 813. The first-order valence-electron chi connectivity index (χ1n) is 6.59. The van der Waals surface area contributed by atoms with Gasteiger partial charge in [-0.15, -0.1) is 11.6 Å². The van der Waals surface area contributed by atoms with Gasteiger partial charge in [0.2, 0.25) is 0 Å². The lowest BCUT2D eigenvalue weighted by molar-refractivity contribution is 0.618. The van der Waals surface area contributed by atoms with Crippen molar-refractivity contribution in [1.82, 2.24) is 9.55 Å². The molecule has 0 aliphatic heterocycles. The van der Waals surface area contributed by atoms with E-state index >= 15 is 0 Å². The van der Waals surface area contributed by atoms with E-state index in [1.165, 1.54) is 6.07 Å². The molecule has 0 atom stereocenters. The van der Waals surface area contributed by atoms with Gasteiger partial charge in [0.1, 0.15) is 11.6 Å². The standard InChI is InChI=1S/C16H13ClFIN2/c1-10-8-12(3-4-13(10)18)21-15-5-2-11(19)9-14(15)20-16(21)6-7-17/h2-5,8-9H,6-7H2,1H3. The molecule has 0 N–H and O–H groups in total. The summed E-state index contributed by atoms with van der Waals surface area (Å²) in [4.78, 5) is 4.67. The second-order valence-corrected chi connectivity index (χ2v) is 6.49. The molecule has 0 unspecified atom stereocenters. The van der Waals surface area contributed by atoms with Gasteiger partial charge in [-0.2, -0.15) is 0 Å². The van der Waals surface area contributed by atoms with Gasteiger partial charge in [0.05, 0.1) is 11.0 Å². The number of aromatic nitrogens is 2. The van der Waals surface area contributed by atoms with Crippen molar-refractivity contribution in [1.29, 1.82) is 0 Å². The molecule has 0 amide bonds. The minimum absolute atomic E-state index is 0.198. The molecule has 2 aromatic carbocycles. The average molecular weight is 415 g/mol. The lowest BCUT2D eigenvalue weighted by Crippen LogP contribution is -2.03. The number of hydrogen-bond acceptors (Lipinski definition) is 1. The maximum absolute atomic E-state index is 13.5. The van der Waals surface area contributed by atoms with E-state index in [4.69, 9.17) is 11.6 Å². The van der Waals surface area contributed by atoms with Crippen LogP contribution in [0.4, 0.5) is 4.39 Å². The molecule has 5 heteroatoms. The highest BCUT2D eigenvalue weighted by molar-refractivity contribution is 14.1. The van der Waals surface area contributed by atoms with E-state index in [0.29, 0.717) is 17.9 Å². The van der Waals surface area contributed by atoms with E-state index in [-0.39, 0.29) is 5.82 Å². The first-order valence-corrected chi connectivity index (χ1v) is 8.21. The number of rotatable bonds is 3. The Hall–Kier alpha value is -1.14. The van der Waals surface area contributed by atoms with Gasteiger partial charge in [0, 0.05) is 21.6 Å². The minimum atomic E-state index is -0.198. The molecule has 1 heterocycles. The van der Waals surface area contributed by atoms with E-state index in [0.717, 1.165) is 26.1 Å². The smallest absolute Gasteiger partial charge is 0.126 e. The van der Waals surface area contributed by atoms with Gasteiger partial charge in [-0.25, -0.2) is 9.37 Å². The molecule has 108 valence electrons. The summed E-state index contributed by atoms with van der Waals surface area (Å²) in [5.74, 6) is 1.20. The lowest BCUT2D eigenvalue weighted by Gasteiger charge is -2.10. The molecule has 2 nitrogen and oxygen atoms in total. The van der Waals surface area contributed by atoms with Gasteiger partial charge < -0.3 is 0 Å². The Kier molecular flexibility index (Phi) is 4.17. The van der Waals surface area contributed by atoms with Gasteiger partial charge in [-0.1, -0.05) is 0 Å². The number of aryl methyl sites for hydroxylation is 2. The highest BCUT2D eigenvalue weighted by Crippen LogP contribution is 2.25. The normalized spacial score (nSPS) is 11.2. The van der Waals surface area contributed by atoms with Crippen LogP contribution in [0.3, 0.4) is 0 Å². The third kappa shape index (κ3) is 2.79. The van der Waals surface area contributed by atoms with Crippen LogP contribution >= 0.6 is 34.2 Å². The molecule has 0 radical (unpaired) electrons. The van der Waals surface area contributed by atoms with Crippen molar-refractivity contribution in [3.05, 3.63) is 57.2 Å². The fourth-order valence-electron chi connectivity index (χ4n) is 2.41. The average Bonchev–Trinajstić information content (AvgIpc) is 2.79. The summed E-state index contributed by atoms with van der Waals surface area (Å²) in [5.41, 5.74) is 3.49. The fourth-order valence-corrected chi connectivity index (χ4v) is 3.06. The zero-order chi connectivity index (χ0) is 15.0. The van der Waals surface area contributed by atoms with Crippen molar-refractivity contribution < 1.29 is 4.39 Å². The molecule has 3 aromatic rings. The number of nitrogens with zero attached hydrogens (tertiary/aromatic N) is 2. The van der Waals surface area contributed by atoms with Gasteiger partial charge in [0.25, 0.3) is 0 Å². The summed E-state index contributed by atoms with van der Waals surface area (Å²) < 4.78 is 16.7. The molecular weight excluding hydrogens is 402 g/mol. The molecule has 0 bridgehead atoms. The SMILES string of the molecule is Cc1cc(-n2c(CCCl)nc3cc(I)ccc32)ccc1F. The van der Waals surface area contributed by atoms with Crippen LogP contribution in [-0.2, 0) is 6.42 Å². The third-order valence-electron chi connectivity index (χ3n) is 3.40. The van der Waals surface area contributed by atoms with Gasteiger partial charge in [0.15, 0.2) is 0 Å². The quantitative estimate of drug-likeness (QED) is 0.442. The minimum Gasteiger partial charge on any atom is -0.296 e. The predicted molar refractivity (Wildman–Crippen MR) is 92.9 cm³/mol. The van der Waals surface area contributed by atoms with Crippen LogP contribution in [0, 0.1) is 16.3 Å². The number of halogens is 3. The number of benzene rings is 2. The third-order valence-corrected chi connectivity index (χ3v) is 4.26. The largest absolute Gasteiger partial charge is 0.296 e. The zero-order valence-corrected chi connectivity index (χ0v) is 14.3. The lowest BCUT2D eigenvalue weighted by atomic mass is 10.2. The first kappa shape index (κ1) is 14.8. The van der Waals surface area contributed by atoms with Gasteiger partial charge in [-0.05, 0) is 71.5 Å². The Morgan fingerprint density at radius 1 is 1.24 bits per heavy atom. The molecule has 1 aromatic heterocycles. The Balaban J connectivity index is 2.27. The van der Waals surface area contributed by atoms with Crippen molar-refractivity contribution in [2.24, 2.45) is 0 Å². The highest BCUT2D eigenvalue weighted by Gasteiger charge is 2.13. The topological polar surface area (TPSA) is 17.8 Å². The van der Waals surface area contributed by atoms with E-state index in [9.17, 15) is 4.39 Å². The summed E-state index contributed by atoms with van der Waals surface area (Å²) in [6.07, 6.45) is 0.670. The van der Waals surface area contributed by atoms with Crippen LogP contribution in [0.2, 0.25) is 0 Å². The van der Waals surface area contributed by atoms with E-state index in [2.05, 4.69) is 32.1 Å². The van der Waals surface area contributed by atoms with Crippen molar-refractivity contribution in [3.8, 4) is 5.69 Å². The van der Waals surface area contributed by atoms with Crippen molar-refractivity contribution in [2.75, 3.05) is 5.88 Å². The van der Waals surface area contributed by atoms with Crippen LogP contribution in [0.15, 0.2) is 36.4 Å². The molecule has 0 spiro atoms. The van der Waals surface area contributed by atoms with E-state index < -0.39 is 0 Å². The maximum atomic E-state index is 13.5. The Labute approximate surface area is 141 Å². The van der Waals surface area contributed by atoms with Gasteiger partial charge in [-0.3, -0.25) is 4.57 Å². The molecular formula is C16H13ClFIN2. The molecule has 0 fully saturated rings. The second kappa shape index (κ2) is 5.93. The highest BCUT2D eigenvalue weighted by atomic mass is 127.